The lowest BCUT2D eigenvalue weighted by Gasteiger charge is -2.22. The molecule has 1 heterocycles. The number of benzene rings is 1. The van der Waals surface area contributed by atoms with E-state index in [2.05, 4.69) is 49.6 Å². The first kappa shape index (κ1) is 10.4. The van der Waals surface area contributed by atoms with Crippen molar-refractivity contribution in [3.63, 3.8) is 0 Å². The van der Waals surface area contributed by atoms with Gasteiger partial charge in [0.2, 0.25) is 0 Å². The summed E-state index contributed by atoms with van der Waals surface area (Å²) < 4.78 is 5.29. The molecule has 2 nitrogen and oxygen atoms in total. The van der Waals surface area contributed by atoms with Crippen LogP contribution in [-0.4, -0.2) is 9.36 Å². The maximum atomic E-state index is 4.43. The Labute approximate surface area is 107 Å². The van der Waals surface area contributed by atoms with Crippen molar-refractivity contribution in [3.8, 4) is 0 Å². The van der Waals surface area contributed by atoms with E-state index in [-0.39, 0.29) is 0 Å². The first-order valence-corrected chi connectivity index (χ1v) is 6.95. The van der Waals surface area contributed by atoms with Gasteiger partial charge in [-0.15, -0.1) is 0 Å². The molecular weight excluding hydrogens is 284 g/mol. The zero-order valence-corrected chi connectivity index (χ0v) is 11.1. The molecule has 1 aliphatic rings. The minimum Gasteiger partial charge on any atom is -0.212 e. The van der Waals surface area contributed by atoms with Crippen LogP contribution in [0.3, 0.4) is 0 Å². The summed E-state index contributed by atoms with van der Waals surface area (Å²) >= 11 is 4.81. The second-order valence-corrected chi connectivity index (χ2v) is 6.14. The van der Waals surface area contributed by atoms with E-state index in [0.29, 0.717) is 5.92 Å². The molecule has 1 atom stereocenters. The fourth-order valence-corrected chi connectivity index (χ4v) is 3.19. The van der Waals surface area contributed by atoms with Crippen LogP contribution >= 0.6 is 27.5 Å². The quantitative estimate of drug-likeness (QED) is 0.803. The van der Waals surface area contributed by atoms with Crippen LogP contribution in [0.5, 0.6) is 0 Å². The zero-order chi connectivity index (χ0) is 11.0. The summed E-state index contributed by atoms with van der Waals surface area (Å²) in [5.41, 5.74) is 2.96. The highest BCUT2D eigenvalue weighted by atomic mass is 79.9. The van der Waals surface area contributed by atoms with Gasteiger partial charge in [0.05, 0.1) is 0 Å². The van der Waals surface area contributed by atoms with Crippen molar-refractivity contribution in [2.45, 2.75) is 25.2 Å². The van der Waals surface area contributed by atoms with Crippen molar-refractivity contribution in [1.82, 2.24) is 9.36 Å². The number of hydrogen-bond donors (Lipinski definition) is 0. The molecule has 1 unspecified atom stereocenters. The smallest absolute Gasteiger partial charge is 0.179 e. The molecule has 1 aromatic heterocycles. The third-order valence-corrected chi connectivity index (χ3v) is 4.26. The lowest BCUT2D eigenvalue weighted by molar-refractivity contribution is 0.561. The van der Waals surface area contributed by atoms with E-state index in [4.69, 9.17) is 0 Å². The van der Waals surface area contributed by atoms with Gasteiger partial charge in [0, 0.05) is 5.92 Å². The predicted molar refractivity (Wildman–Crippen MR) is 68.8 cm³/mol. The third-order valence-electron chi connectivity index (χ3n) is 3.13. The average molecular weight is 295 g/mol. The molecule has 82 valence electrons. The van der Waals surface area contributed by atoms with Crippen LogP contribution in [-0.2, 0) is 12.8 Å². The van der Waals surface area contributed by atoms with Crippen LogP contribution in [0.4, 0.5) is 0 Å². The highest BCUT2D eigenvalue weighted by Crippen LogP contribution is 2.32. The van der Waals surface area contributed by atoms with Gasteiger partial charge in [-0.05, 0) is 57.9 Å². The molecule has 16 heavy (non-hydrogen) atoms. The van der Waals surface area contributed by atoms with Crippen molar-refractivity contribution < 1.29 is 0 Å². The molecule has 0 spiro atoms. The molecule has 3 rings (SSSR count). The number of nitrogens with zero attached hydrogens (tertiary/aromatic N) is 2. The summed E-state index contributed by atoms with van der Waals surface area (Å²) in [6.45, 7) is 0. The minimum atomic E-state index is 0.498. The summed E-state index contributed by atoms with van der Waals surface area (Å²) in [7, 11) is 0. The van der Waals surface area contributed by atoms with Gasteiger partial charge >= 0.3 is 0 Å². The monoisotopic (exact) mass is 294 g/mol. The van der Waals surface area contributed by atoms with Gasteiger partial charge in [-0.2, -0.15) is 4.37 Å². The molecular formula is C12H11BrN2S. The first-order chi connectivity index (χ1) is 7.83. The number of halogens is 1. The Bertz CT molecular complexity index is 509. The van der Waals surface area contributed by atoms with Gasteiger partial charge in [0.25, 0.3) is 0 Å². The fourth-order valence-electron chi connectivity index (χ4n) is 2.30. The molecule has 0 aliphatic heterocycles. The Balaban J connectivity index is 1.88. The number of fused-ring (bicyclic) bond motifs is 1. The zero-order valence-electron chi connectivity index (χ0n) is 8.69. The summed E-state index contributed by atoms with van der Waals surface area (Å²) in [5.74, 6) is 1.50. The Kier molecular flexibility index (Phi) is 2.77. The minimum absolute atomic E-state index is 0.498. The lowest BCUT2D eigenvalue weighted by Crippen LogP contribution is -2.13. The third kappa shape index (κ3) is 1.92. The van der Waals surface area contributed by atoms with E-state index >= 15 is 0 Å². The van der Waals surface area contributed by atoms with Crippen molar-refractivity contribution in [2.24, 2.45) is 0 Å². The van der Waals surface area contributed by atoms with E-state index in [1.807, 2.05) is 0 Å². The van der Waals surface area contributed by atoms with Crippen LogP contribution in [0.2, 0.25) is 0 Å². The molecule has 4 heteroatoms. The van der Waals surface area contributed by atoms with E-state index < -0.39 is 0 Å². The highest BCUT2D eigenvalue weighted by molar-refractivity contribution is 9.11. The van der Waals surface area contributed by atoms with E-state index in [0.717, 1.165) is 22.6 Å². The van der Waals surface area contributed by atoms with Crippen molar-refractivity contribution in [1.29, 1.82) is 0 Å². The second kappa shape index (κ2) is 4.26. The molecule has 0 saturated heterocycles. The van der Waals surface area contributed by atoms with Gasteiger partial charge in [-0.1, -0.05) is 24.3 Å². The van der Waals surface area contributed by atoms with Crippen LogP contribution in [0.15, 0.2) is 28.2 Å². The lowest BCUT2D eigenvalue weighted by atomic mass is 9.83. The highest BCUT2D eigenvalue weighted by Gasteiger charge is 2.22. The Morgan fingerprint density at radius 3 is 2.81 bits per heavy atom. The van der Waals surface area contributed by atoms with Crippen molar-refractivity contribution in [2.75, 3.05) is 0 Å². The largest absolute Gasteiger partial charge is 0.212 e. The van der Waals surface area contributed by atoms with Gasteiger partial charge in [0.15, 0.2) is 3.92 Å². The van der Waals surface area contributed by atoms with Gasteiger partial charge in [0.1, 0.15) is 5.82 Å². The molecule has 0 amide bonds. The molecule has 1 aliphatic carbocycles. The standard InChI is InChI=1S/C12H11BrN2S/c13-12-14-11(15-16-12)10-6-5-8-3-1-2-4-9(8)7-10/h1-4,10H,5-7H2. The second-order valence-electron chi connectivity index (χ2n) is 4.11. The maximum absolute atomic E-state index is 4.43. The number of aromatic nitrogens is 2. The molecule has 0 bridgehead atoms. The summed E-state index contributed by atoms with van der Waals surface area (Å²) in [5, 5.41) is 0. The van der Waals surface area contributed by atoms with Gasteiger partial charge in [-0.25, -0.2) is 4.98 Å². The molecule has 0 fully saturated rings. The maximum Gasteiger partial charge on any atom is 0.179 e. The summed E-state index contributed by atoms with van der Waals surface area (Å²) in [4.78, 5) is 4.43. The topological polar surface area (TPSA) is 25.8 Å². The number of hydrogen-bond acceptors (Lipinski definition) is 3. The molecule has 0 saturated carbocycles. The molecule has 1 aromatic carbocycles. The predicted octanol–water partition coefficient (Wildman–Crippen LogP) is 3.57. The van der Waals surface area contributed by atoms with Crippen LogP contribution < -0.4 is 0 Å². The SMILES string of the molecule is Brc1nc(C2CCc3ccccc3C2)ns1. The van der Waals surface area contributed by atoms with Gasteiger partial charge < -0.3 is 0 Å². The Hall–Kier alpha value is -0.740. The van der Waals surface area contributed by atoms with Crippen molar-refractivity contribution in [3.05, 3.63) is 45.1 Å². The molecule has 2 aromatic rings. The Morgan fingerprint density at radius 1 is 1.25 bits per heavy atom. The van der Waals surface area contributed by atoms with Gasteiger partial charge in [-0.3, -0.25) is 0 Å². The number of rotatable bonds is 1. The van der Waals surface area contributed by atoms with Crippen LogP contribution in [0, 0.1) is 0 Å². The van der Waals surface area contributed by atoms with Crippen LogP contribution in [0.25, 0.3) is 0 Å². The number of aryl methyl sites for hydroxylation is 1. The fraction of sp³-hybridized carbons (Fsp3) is 0.333. The molecule has 0 radical (unpaired) electrons. The van der Waals surface area contributed by atoms with Crippen molar-refractivity contribution >= 4 is 27.5 Å². The first-order valence-electron chi connectivity index (χ1n) is 5.39. The van der Waals surface area contributed by atoms with E-state index in [1.165, 1.54) is 29.1 Å². The molecule has 0 N–H and O–H groups in total. The average Bonchev–Trinajstić information content (AvgIpc) is 2.75. The summed E-state index contributed by atoms with van der Waals surface area (Å²) in [6.07, 6.45) is 3.40. The summed E-state index contributed by atoms with van der Waals surface area (Å²) in [6, 6.07) is 8.70. The van der Waals surface area contributed by atoms with E-state index in [9.17, 15) is 0 Å². The van der Waals surface area contributed by atoms with Crippen LogP contribution in [0.1, 0.15) is 29.3 Å². The van der Waals surface area contributed by atoms with E-state index in [1.54, 1.807) is 0 Å². The normalized spacial score (nSPS) is 19.4. The Morgan fingerprint density at radius 2 is 2.06 bits per heavy atom.